The molecule has 39 heavy (non-hydrogen) atoms. The minimum atomic E-state index is -4.15. The van der Waals surface area contributed by atoms with Gasteiger partial charge in [0.1, 0.15) is 0 Å². The lowest BCUT2D eigenvalue weighted by Crippen LogP contribution is -2.55. The van der Waals surface area contributed by atoms with E-state index in [2.05, 4.69) is 10.0 Å². The third kappa shape index (κ3) is 9.07. The van der Waals surface area contributed by atoms with Gasteiger partial charge in [-0.3, -0.25) is 9.59 Å². The van der Waals surface area contributed by atoms with Crippen molar-refractivity contribution >= 4 is 27.9 Å². The molecule has 0 saturated carbocycles. The van der Waals surface area contributed by atoms with Crippen molar-refractivity contribution < 1.29 is 33.0 Å². The van der Waals surface area contributed by atoms with Crippen molar-refractivity contribution in [3.05, 3.63) is 66.2 Å². The van der Waals surface area contributed by atoms with Gasteiger partial charge in [0.2, 0.25) is 5.91 Å². The predicted molar refractivity (Wildman–Crippen MR) is 147 cm³/mol. The third-order valence-electron chi connectivity index (χ3n) is 6.67. The highest BCUT2D eigenvalue weighted by atomic mass is 32.2. The van der Waals surface area contributed by atoms with E-state index in [4.69, 9.17) is 0 Å². The first-order valence-electron chi connectivity index (χ1n) is 12.8. The number of aliphatic carboxylic acids is 1. The van der Waals surface area contributed by atoms with E-state index in [1.165, 1.54) is 49.9 Å². The van der Waals surface area contributed by atoms with Crippen molar-refractivity contribution in [3.63, 3.8) is 0 Å². The second kappa shape index (κ2) is 13.6. The number of nitrogens with zero attached hydrogens (tertiary/aromatic N) is 1. The molecule has 11 heteroatoms. The molecule has 0 aliphatic heterocycles. The van der Waals surface area contributed by atoms with Crippen LogP contribution in [0.3, 0.4) is 0 Å². The van der Waals surface area contributed by atoms with E-state index in [0.717, 1.165) is 5.56 Å². The Labute approximate surface area is 230 Å². The molecule has 0 saturated heterocycles. The molecule has 0 radical (unpaired) electrons. The van der Waals surface area contributed by atoms with Crippen LogP contribution >= 0.6 is 0 Å². The topological polar surface area (TPSA) is 153 Å². The largest absolute Gasteiger partial charge is 0.481 e. The Balaban J connectivity index is 2.29. The molecule has 214 valence electrons. The van der Waals surface area contributed by atoms with Gasteiger partial charge in [0, 0.05) is 6.54 Å². The van der Waals surface area contributed by atoms with Crippen LogP contribution in [-0.2, 0) is 26.0 Å². The van der Waals surface area contributed by atoms with E-state index in [9.17, 15) is 33.0 Å². The van der Waals surface area contributed by atoms with Gasteiger partial charge in [0.25, 0.3) is 10.0 Å². The Hall–Kier alpha value is -3.44. The molecule has 2 aromatic rings. The van der Waals surface area contributed by atoms with Gasteiger partial charge in [-0.15, -0.1) is 0 Å². The standard InChI is InChI=1S/C28H39N3O7S/c1-19(2)17-31(27(36)30-39(37,38)22-14-10-7-11-15-22)18-24(32)23(16-21-12-8-6-9-13-21)29-25(33)20(3)28(4,5)26(34)35/h6-15,19-20,23-24,32H,16-18H2,1-5H3,(H,29,33)(H,30,36)(H,34,35)/t20-,23-,24+/m0/s1. The van der Waals surface area contributed by atoms with E-state index in [0.29, 0.717) is 0 Å². The molecule has 2 rings (SSSR count). The van der Waals surface area contributed by atoms with Crippen LogP contribution in [0.15, 0.2) is 65.6 Å². The molecule has 0 bridgehead atoms. The molecule has 3 amide bonds. The molecule has 0 fully saturated rings. The van der Waals surface area contributed by atoms with Gasteiger partial charge >= 0.3 is 12.0 Å². The highest BCUT2D eigenvalue weighted by Crippen LogP contribution is 2.27. The summed E-state index contributed by atoms with van der Waals surface area (Å²) in [5.74, 6) is -2.67. The summed E-state index contributed by atoms with van der Waals surface area (Å²) in [5.41, 5.74) is -0.555. The summed E-state index contributed by atoms with van der Waals surface area (Å²) < 4.78 is 27.5. The number of amides is 3. The summed E-state index contributed by atoms with van der Waals surface area (Å²) in [6.45, 7) is 7.95. The lowest BCUT2D eigenvalue weighted by Gasteiger charge is -2.33. The van der Waals surface area contributed by atoms with Crippen LogP contribution in [0.5, 0.6) is 0 Å². The Bertz CT molecular complexity index is 1220. The zero-order chi connectivity index (χ0) is 29.4. The van der Waals surface area contributed by atoms with Gasteiger partial charge in [0.15, 0.2) is 0 Å². The zero-order valence-corrected chi connectivity index (χ0v) is 23.8. The number of urea groups is 1. The summed E-state index contributed by atoms with van der Waals surface area (Å²) in [6, 6.07) is 14.8. The van der Waals surface area contributed by atoms with Crippen molar-refractivity contribution in [1.29, 1.82) is 0 Å². The molecule has 4 N–H and O–H groups in total. The molecule has 2 aromatic carbocycles. The van der Waals surface area contributed by atoms with Crippen molar-refractivity contribution in [2.24, 2.45) is 17.3 Å². The number of hydrogen-bond donors (Lipinski definition) is 4. The van der Waals surface area contributed by atoms with Gasteiger partial charge in [-0.1, -0.05) is 69.3 Å². The highest BCUT2D eigenvalue weighted by Gasteiger charge is 2.39. The molecule has 0 aromatic heterocycles. The molecular formula is C28H39N3O7S. The van der Waals surface area contributed by atoms with Crippen LogP contribution in [0.2, 0.25) is 0 Å². The van der Waals surface area contributed by atoms with Gasteiger partial charge in [-0.25, -0.2) is 17.9 Å². The Kier molecular flexibility index (Phi) is 11.1. The number of aliphatic hydroxyl groups excluding tert-OH is 1. The van der Waals surface area contributed by atoms with E-state index < -0.39 is 51.4 Å². The fourth-order valence-corrected chi connectivity index (χ4v) is 4.84. The summed E-state index contributed by atoms with van der Waals surface area (Å²) >= 11 is 0. The smallest absolute Gasteiger partial charge is 0.331 e. The molecular weight excluding hydrogens is 522 g/mol. The summed E-state index contributed by atoms with van der Waals surface area (Å²) in [5, 5.41) is 23.6. The van der Waals surface area contributed by atoms with Crippen LogP contribution in [0.4, 0.5) is 4.79 Å². The summed E-state index contributed by atoms with van der Waals surface area (Å²) in [4.78, 5) is 39.0. The fourth-order valence-electron chi connectivity index (χ4n) is 3.84. The SMILES string of the molecule is CC(C)CN(C[C@@H](O)[C@H](Cc1ccccc1)NC(=O)[C@H](C)C(C)(C)C(=O)O)C(=O)NS(=O)(=O)c1ccccc1. The molecule has 0 unspecified atom stereocenters. The van der Waals surface area contributed by atoms with Crippen LogP contribution in [-0.4, -0.2) is 66.7 Å². The molecule has 0 spiro atoms. The maximum atomic E-state index is 13.1. The number of carbonyl (C=O) groups is 3. The Morgan fingerprint density at radius 2 is 1.46 bits per heavy atom. The zero-order valence-electron chi connectivity index (χ0n) is 23.0. The number of sulfonamides is 1. The van der Waals surface area contributed by atoms with E-state index >= 15 is 0 Å². The average Bonchev–Trinajstić information content (AvgIpc) is 2.87. The normalized spacial score (nSPS) is 14.2. The summed E-state index contributed by atoms with van der Waals surface area (Å²) in [7, 11) is -4.15. The number of hydrogen-bond acceptors (Lipinski definition) is 6. The van der Waals surface area contributed by atoms with Crippen molar-refractivity contribution in [1.82, 2.24) is 14.9 Å². The summed E-state index contributed by atoms with van der Waals surface area (Å²) in [6.07, 6.45) is -1.09. The number of aliphatic hydroxyl groups is 1. The van der Waals surface area contributed by atoms with Crippen LogP contribution < -0.4 is 10.0 Å². The van der Waals surface area contributed by atoms with Crippen LogP contribution in [0.25, 0.3) is 0 Å². The number of carbonyl (C=O) groups excluding carboxylic acids is 2. The molecule has 10 nitrogen and oxygen atoms in total. The van der Waals surface area contributed by atoms with Crippen molar-refractivity contribution in [3.8, 4) is 0 Å². The van der Waals surface area contributed by atoms with E-state index in [1.807, 2.05) is 44.2 Å². The second-order valence-electron chi connectivity index (χ2n) is 10.6. The maximum Gasteiger partial charge on any atom is 0.331 e. The average molecular weight is 562 g/mol. The third-order valence-corrected chi connectivity index (χ3v) is 8.01. The Morgan fingerprint density at radius 1 is 0.923 bits per heavy atom. The van der Waals surface area contributed by atoms with Gasteiger partial charge in [-0.2, -0.15) is 0 Å². The number of nitrogens with one attached hydrogen (secondary N) is 2. The number of rotatable bonds is 13. The molecule has 0 aliphatic rings. The molecule has 0 aliphatic carbocycles. The highest BCUT2D eigenvalue weighted by molar-refractivity contribution is 7.90. The molecule has 0 heterocycles. The lowest BCUT2D eigenvalue weighted by atomic mass is 9.79. The van der Waals surface area contributed by atoms with Gasteiger partial charge < -0.3 is 20.4 Å². The van der Waals surface area contributed by atoms with Crippen molar-refractivity contribution in [2.45, 2.75) is 58.1 Å². The number of carboxylic acids is 1. The quantitative estimate of drug-likeness (QED) is 0.293. The van der Waals surface area contributed by atoms with Gasteiger partial charge in [0.05, 0.1) is 34.9 Å². The number of carboxylic acid groups (broad SMARTS) is 1. The monoisotopic (exact) mass is 561 g/mol. The Morgan fingerprint density at radius 3 is 1.97 bits per heavy atom. The lowest BCUT2D eigenvalue weighted by molar-refractivity contribution is -0.153. The maximum absolute atomic E-state index is 13.1. The minimum Gasteiger partial charge on any atom is -0.481 e. The second-order valence-corrected chi connectivity index (χ2v) is 12.3. The van der Waals surface area contributed by atoms with Crippen molar-refractivity contribution in [2.75, 3.05) is 13.1 Å². The molecule has 3 atom stereocenters. The van der Waals surface area contributed by atoms with Crippen LogP contribution in [0, 0.1) is 17.3 Å². The first-order valence-corrected chi connectivity index (χ1v) is 14.3. The van der Waals surface area contributed by atoms with E-state index in [-0.39, 0.29) is 30.3 Å². The fraction of sp³-hybridized carbons (Fsp3) is 0.464. The van der Waals surface area contributed by atoms with E-state index in [1.54, 1.807) is 6.07 Å². The first-order chi connectivity index (χ1) is 18.1. The number of benzene rings is 2. The van der Waals surface area contributed by atoms with Gasteiger partial charge in [-0.05, 0) is 43.9 Å². The minimum absolute atomic E-state index is 0.0547. The predicted octanol–water partition coefficient (Wildman–Crippen LogP) is 2.88. The first kappa shape index (κ1) is 31.8. The van der Waals surface area contributed by atoms with Crippen LogP contribution in [0.1, 0.15) is 40.2 Å².